The number of hydrogen-bond donors (Lipinski definition) is 2. The zero-order valence-electron chi connectivity index (χ0n) is 12.5. The monoisotopic (exact) mass is 371 g/mol. The van der Waals surface area contributed by atoms with E-state index in [1.54, 1.807) is 0 Å². The molecule has 23 heavy (non-hydrogen) atoms. The van der Waals surface area contributed by atoms with Crippen molar-refractivity contribution in [2.45, 2.75) is 19.3 Å². The number of hydrogen-bond acceptors (Lipinski definition) is 4. The summed E-state index contributed by atoms with van der Waals surface area (Å²) in [6, 6.07) is 7.53. The molecule has 2 atom stereocenters. The standard InChI is InChI=1S/C16H18ClN3OS.ClH/c17-12-5-1-3-10(7-12)14-9-22-16(19-14)20-15(21)13-6-2-4-11(13)8-18;/h1,3,5,7,9,11,13H,2,4,6,8,18H2,(H,19,20,21);1H/t11-,13-;/m1./s1. The number of nitrogens with one attached hydrogen (secondary N) is 1. The van der Waals surface area contributed by atoms with Gasteiger partial charge in [-0.15, -0.1) is 23.7 Å². The quantitative estimate of drug-likeness (QED) is 0.845. The van der Waals surface area contributed by atoms with E-state index in [2.05, 4.69) is 10.3 Å². The van der Waals surface area contributed by atoms with Crippen molar-refractivity contribution in [3.05, 3.63) is 34.7 Å². The predicted octanol–water partition coefficient (Wildman–Crippen LogP) is 4.20. The Balaban J connectivity index is 0.00000192. The summed E-state index contributed by atoms with van der Waals surface area (Å²) in [5.74, 6) is 0.357. The van der Waals surface area contributed by atoms with Gasteiger partial charge in [-0.05, 0) is 37.4 Å². The fourth-order valence-corrected chi connectivity index (χ4v) is 3.89. The van der Waals surface area contributed by atoms with Gasteiger partial charge in [0.05, 0.1) is 5.69 Å². The van der Waals surface area contributed by atoms with E-state index in [1.807, 2.05) is 29.6 Å². The van der Waals surface area contributed by atoms with Crippen LogP contribution in [0.25, 0.3) is 11.3 Å². The second-order valence-corrected chi connectivity index (χ2v) is 6.87. The highest BCUT2D eigenvalue weighted by Gasteiger charge is 2.32. The van der Waals surface area contributed by atoms with E-state index in [4.69, 9.17) is 17.3 Å². The predicted molar refractivity (Wildman–Crippen MR) is 98.3 cm³/mol. The SMILES string of the molecule is Cl.NC[C@H]1CCC[C@H]1C(=O)Nc1nc(-c2cccc(Cl)c2)cs1. The highest BCUT2D eigenvalue weighted by Crippen LogP contribution is 2.33. The number of carbonyl (C=O) groups excluding carboxylic acids is 1. The Labute approximate surface area is 150 Å². The number of nitrogens with zero attached hydrogens (tertiary/aromatic N) is 1. The van der Waals surface area contributed by atoms with Gasteiger partial charge in [0.15, 0.2) is 5.13 Å². The number of nitrogens with two attached hydrogens (primary N) is 1. The van der Waals surface area contributed by atoms with E-state index in [0.29, 0.717) is 22.6 Å². The topological polar surface area (TPSA) is 68.0 Å². The molecule has 1 fully saturated rings. The molecule has 7 heteroatoms. The first-order valence-electron chi connectivity index (χ1n) is 7.40. The molecule has 3 rings (SSSR count). The van der Waals surface area contributed by atoms with E-state index >= 15 is 0 Å². The van der Waals surface area contributed by atoms with Gasteiger partial charge in [-0.2, -0.15) is 0 Å². The summed E-state index contributed by atoms with van der Waals surface area (Å²) in [7, 11) is 0. The Kier molecular flexibility index (Phi) is 6.41. The Hall–Kier alpha value is -1.14. The van der Waals surface area contributed by atoms with Gasteiger partial charge in [0.1, 0.15) is 0 Å². The zero-order valence-corrected chi connectivity index (χ0v) is 14.9. The van der Waals surface area contributed by atoms with Crippen molar-refractivity contribution in [2.75, 3.05) is 11.9 Å². The number of carbonyl (C=O) groups is 1. The lowest BCUT2D eigenvalue weighted by Crippen LogP contribution is -2.29. The van der Waals surface area contributed by atoms with Crippen LogP contribution in [0.2, 0.25) is 5.02 Å². The minimum Gasteiger partial charge on any atom is -0.330 e. The average molecular weight is 372 g/mol. The number of rotatable bonds is 4. The van der Waals surface area contributed by atoms with Crippen LogP contribution in [0.4, 0.5) is 5.13 Å². The molecular formula is C16H19Cl2N3OS. The molecule has 0 radical (unpaired) electrons. The van der Waals surface area contributed by atoms with Crippen molar-refractivity contribution in [1.29, 1.82) is 0 Å². The average Bonchev–Trinajstić information content (AvgIpc) is 3.15. The molecule has 124 valence electrons. The van der Waals surface area contributed by atoms with Crippen LogP contribution in [0.3, 0.4) is 0 Å². The Morgan fingerprint density at radius 1 is 1.43 bits per heavy atom. The van der Waals surface area contributed by atoms with Crippen LogP contribution in [-0.4, -0.2) is 17.4 Å². The van der Waals surface area contributed by atoms with Gasteiger partial charge in [-0.1, -0.05) is 30.2 Å². The number of anilines is 1. The molecular weight excluding hydrogens is 353 g/mol. The van der Waals surface area contributed by atoms with Crippen LogP contribution in [0.1, 0.15) is 19.3 Å². The molecule has 0 aliphatic heterocycles. The second-order valence-electron chi connectivity index (χ2n) is 5.57. The van der Waals surface area contributed by atoms with Crippen LogP contribution in [-0.2, 0) is 4.79 Å². The third-order valence-electron chi connectivity index (χ3n) is 4.15. The van der Waals surface area contributed by atoms with E-state index in [9.17, 15) is 4.79 Å². The molecule has 1 aliphatic carbocycles. The van der Waals surface area contributed by atoms with Gasteiger partial charge in [0.25, 0.3) is 0 Å². The van der Waals surface area contributed by atoms with Crippen LogP contribution >= 0.6 is 35.3 Å². The van der Waals surface area contributed by atoms with Gasteiger partial charge >= 0.3 is 0 Å². The number of halogens is 2. The van der Waals surface area contributed by atoms with Gasteiger partial charge in [0, 0.05) is 21.9 Å². The number of amides is 1. The largest absolute Gasteiger partial charge is 0.330 e. The summed E-state index contributed by atoms with van der Waals surface area (Å²) in [4.78, 5) is 16.8. The molecule has 3 N–H and O–H groups in total. The van der Waals surface area contributed by atoms with E-state index < -0.39 is 0 Å². The maximum atomic E-state index is 12.4. The highest BCUT2D eigenvalue weighted by molar-refractivity contribution is 7.14. The highest BCUT2D eigenvalue weighted by atomic mass is 35.5. The minimum absolute atomic E-state index is 0. The first-order chi connectivity index (χ1) is 10.7. The van der Waals surface area contributed by atoms with Gasteiger partial charge in [-0.25, -0.2) is 4.98 Å². The van der Waals surface area contributed by atoms with Crippen LogP contribution in [0.5, 0.6) is 0 Å². The fourth-order valence-electron chi connectivity index (χ4n) is 2.97. The summed E-state index contributed by atoms with van der Waals surface area (Å²) in [5.41, 5.74) is 7.52. The summed E-state index contributed by atoms with van der Waals surface area (Å²) >= 11 is 7.43. The molecule has 1 aromatic heterocycles. The lowest BCUT2D eigenvalue weighted by Gasteiger charge is -2.16. The van der Waals surface area contributed by atoms with Crippen molar-refractivity contribution in [2.24, 2.45) is 17.6 Å². The van der Waals surface area contributed by atoms with Crippen LogP contribution < -0.4 is 11.1 Å². The maximum Gasteiger partial charge on any atom is 0.229 e. The second kappa shape index (κ2) is 8.11. The lowest BCUT2D eigenvalue weighted by atomic mass is 9.95. The zero-order chi connectivity index (χ0) is 15.5. The summed E-state index contributed by atoms with van der Waals surface area (Å²) in [6.45, 7) is 0.573. The molecule has 1 amide bonds. The molecule has 0 unspecified atom stereocenters. The van der Waals surface area contributed by atoms with E-state index in [-0.39, 0.29) is 24.2 Å². The number of aromatic nitrogens is 1. The first-order valence-corrected chi connectivity index (χ1v) is 8.65. The van der Waals surface area contributed by atoms with Crippen LogP contribution in [0, 0.1) is 11.8 Å². The van der Waals surface area contributed by atoms with Crippen molar-refractivity contribution in [3.63, 3.8) is 0 Å². The maximum absolute atomic E-state index is 12.4. The van der Waals surface area contributed by atoms with Gasteiger partial charge in [0.2, 0.25) is 5.91 Å². The van der Waals surface area contributed by atoms with Crippen molar-refractivity contribution in [1.82, 2.24) is 4.98 Å². The first kappa shape index (κ1) is 18.2. The minimum atomic E-state index is 0. The normalized spacial score (nSPS) is 20.1. The molecule has 1 aliphatic rings. The molecule has 1 heterocycles. The smallest absolute Gasteiger partial charge is 0.229 e. The molecule has 2 aromatic rings. The Morgan fingerprint density at radius 2 is 2.26 bits per heavy atom. The van der Waals surface area contributed by atoms with Crippen molar-refractivity contribution < 1.29 is 4.79 Å². The van der Waals surface area contributed by atoms with E-state index in [0.717, 1.165) is 30.5 Å². The molecule has 0 spiro atoms. The van der Waals surface area contributed by atoms with E-state index in [1.165, 1.54) is 11.3 Å². The Bertz CT molecular complexity index is 677. The molecule has 0 bridgehead atoms. The number of thiazole rings is 1. The van der Waals surface area contributed by atoms with Gasteiger partial charge in [-0.3, -0.25) is 4.79 Å². The molecule has 1 saturated carbocycles. The Morgan fingerprint density at radius 3 is 3.00 bits per heavy atom. The molecule has 0 saturated heterocycles. The van der Waals surface area contributed by atoms with Crippen molar-refractivity contribution in [3.8, 4) is 11.3 Å². The number of benzene rings is 1. The summed E-state index contributed by atoms with van der Waals surface area (Å²) in [6.07, 6.45) is 3.03. The third kappa shape index (κ3) is 4.23. The molecule has 1 aromatic carbocycles. The van der Waals surface area contributed by atoms with Gasteiger partial charge < -0.3 is 11.1 Å². The lowest BCUT2D eigenvalue weighted by molar-refractivity contribution is -0.120. The fraction of sp³-hybridized carbons (Fsp3) is 0.375. The third-order valence-corrected chi connectivity index (χ3v) is 5.15. The van der Waals surface area contributed by atoms with Crippen LogP contribution in [0.15, 0.2) is 29.6 Å². The van der Waals surface area contributed by atoms with Crippen molar-refractivity contribution >= 4 is 46.4 Å². The summed E-state index contributed by atoms with van der Waals surface area (Å²) < 4.78 is 0. The summed E-state index contributed by atoms with van der Waals surface area (Å²) in [5, 5.41) is 6.16. The molecule has 4 nitrogen and oxygen atoms in total.